The van der Waals surface area contributed by atoms with E-state index in [4.69, 9.17) is 18.0 Å². The predicted molar refractivity (Wildman–Crippen MR) is 88.7 cm³/mol. The number of sulfonamides is 1. The zero-order chi connectivity index (χ0) is 16.0. The molecule has 1 aromatic rings. The van der Waals surface area contributed by atoms with Crippen LogP contribution in [-0.2, 0) is 10.0 Å². The van der Waals surface area contributed by atoms with Gasteiger partial charge in [-0.05, 0) is 31.9 Å². The summed E-state index contributed by atoms with van der Waals surface area (Å²) in [5.74, 6) is 0. The van der Waals surface area contributed by atoms with E-state index in [2.05, 4.69) is 4.98 Å². The van der Waals surface area contributed by atoms with Crippen molar-refractivity contribution in [3.8, 4) is 0 Å². The molecule has 5 nitrogen and oxygen atoms in total. The third-order valence-corrected chi connectivity index (χ3v) is 5.62. The van der Waals surface area contributed by atoms with Crippen molar-refractivity contribution in [3.05, 3.63) is 24.0 Å². The molecule has 0 aliphatic carbocycles. The summed E-state index contributed by atoms with van der Waals surface area (Å²) in [6.45, 7) is 6.46. The van der Waals surface area contributed by atoms with Crippen LogP contribution in [0.1, 0.15) is 45.7 Å². The van der Waals surface area contributed by atoms with Gasteiger partial charge in [0.2, 0.25) is 10.0 Å². The Bertz CT molecular complexity index is 570. The molecule has 0 fully saturated rings. The van der Waals surface area contributed by atoms with Gasteiger partial charge in [-0.15, -0.1) is 0 Å². The van der Waals surface area contributed by atoms with Crippen molar-refractivity contribution in [2.45, 2.75) is 51.0 Å². The van der Waals surface area contributed by atoms with Crippen molar-refractivity contribution in [2.24, 2.45) is 5.73 Å². The van der Waals surface area contributed by atoms with Crippen LogP contribution in [0.4, 0.5) is 0 Å². The maximum absolute atomic E-state index is 12.7. The first kappa shape index (κ1) is 18.0. The van der Waals surface area contributed by atoms with Crippen LogP contribution in [0.5, 0.6) is 0 Å². The third kappa shape index (κ3) is 4.46. The van der Waals surface area contributed by atoms with Gasteiger partial charge in [-0.25, -0.2) is 8.42 Å². The zero-order valence-electron chi connectivity index (χ0n) is 12.7. The normalized spacial score (nSPS) is 13.3. The standard InChI is InChI=1S/C14H23N3O2S2/c1-4-6-9-17(11(3)5-2)21(18,19)12-7-8-13(14(15)20)16-10-12/h7-8,10-11H,4-6,9H2,1-3H3,(H2,15,20). The summed E-state index contributed by atoms with van der Waals surface area (Å²) in [5.41, 5.74) is 5.90. The Balaban J connectivity index is 3.12. The van der Waals surface area contributed by atoms with Crippen molar-refractivity contribution in [1.29, 1.82) is 0 Å². The summed E-state index contributed by atoms with van der Waals surface area (Å²) < 4.78 is 27.0. The van der Waals surface area contributed by atoms with Crippen molar-refractivity contribution in [3.63, 3.8) is 0 Å². The smallest absolute Gasteiger partial charge is 0.244 e. The third-order valence-electron chi connectivity index (χ3n) is 3.41. The monoisotopic (exact) mass is 329 g/mol. The van der Waals surface area contributed by atoms with Gasteiger partial charge < -0.3 is 5.73 Å². The average Bonchev–Trinajstić information content (AvgIpc) is 2.47. The molecule has 0 bridgehead atoms. The number of rotatable bonds is 8. The van der Waals surface area contributed by atoms with Crippen molar-refractivity contribution < 1.29 is 8.42 Å². The first-order valence-corrected chi connectivity index (χ1v) is 8.97. The second-order valence-electron chi connectivity index (χ2n) is 4.97. The number of hydrogen-bond donors (Lipinski definition) is 1. The second kappa shape index (κ2) is 7.82. The fraction of sp³-hybridized carbons (Fsp3) is 0.571. The summed E-state index contributed by atoms with van der Waals surface area (Å²) in [4.78, 5) is 4.36. The van der Waals surface area contributed by atoms with Crippen molar-refractivity contribution in [1.82, 2.24) is 9.29 Å². The van der Waals surface area contributed by atoms with Crippen LogP contribution >= 0.6 is 12.2 Å². The number of pyridine rings is 1. The second-order valence-corrected chi connectivity index (χ2v) is 7.30. The molecule has 2 N–H and O–H groups in total. The summed E-state index contributed by atoms with van der Waals surface area (Å²) in [6.07, 6.45) is 3.87. The molecule has 0 saturated heterocycles. The number of nitrogens with zero attached hydrogens (tertiary/aromatic N) is 2. The highest BCUT2D eigenvalue weighted by Gasteiger charge is 2.28. The number of unbranched alkanes of at least 4 members (excludes halogenated alkanes) is 1. The van der Waals surface area contributed by atoms with Crippen LogP contribution in [-0.4, -0.2) is 35.3 Å². The van der Waals surface area contributed by atoms with Gasteiger partial charge in [-0.1, -0.05) is 32.5 Å². The molecular weight excluding hydrogens is 306 g/mol. The van der Waals surface area contributed by atoms with Crippen LogP contribution in [0.3, 0.4) is 0 Å². The lowest BCUT2D eigenvalue weighted by Gasteiger charge is -2.27. The highest BCUT2D eigenvalue weighted by Crippen LogP contribution is 2.20. The van der Waals surface area contributed by atoms with E-state index < -0.39 is 10.0 Å². The Morgan fingerprint density at radius 1 is 1.43 bits per heavy atom. The number of hydrogen-bond acceptors (Lipinski definition) is 4. The molecule has 0 spiro atoms. The molecule has 0 aliphatic heterocycles. The van der Waals surface area contributed by atoms with Crippen LogP contribution in [0.25, 0.3) is 0 Å². The zero-order valence-corrected chi connectivity index (χ0v) is 14.4. The lowest BCUT2D eigenvalue weighted by atomic mass is 10.2. The molecule has 0 amide bonds. The molecule has 118 valence electrons. The number of aromatic nitrogens is 1. The average molecular weight is 329 g/mol. The van der Waals surface area contributed by atoms with E-state index in [0.717, 1.165) is 19.3 Å². The van der Waals surface area contributed by atoms with E-state index in [9.17, 15) is 8.42 Å². The minimum absolute atomic E-state index is 0.0446. The fourth-order valence-corrected chi connectivity index (χ4v) is 3.72. The van der Waals surface area contributed by atoms with Gasteiger partial charge in [0.05, 0.1) is 5.69 Å². The molecule has 0 saturated carbocycles. The quantitative estimate of drug-likeness (QED) is 0.741. The lowest BCUT2D eigenvalue weighted by molar-refractivity contribution is 0.324. The van der Waals surface area contributed by atoms with Gasteiger partial charge in [0.25, 0.3) is 0 Å². The van der Waals surface area contributed by atoms with E-state index in [1.165, 1.54) is 12.3 Å². The molecule has 7 heteroatoms. The molecule has 0 aliphatic rings. The Kier molecular flexibility index (Phi) is 6.70. The molecule has 1 unspecified atom stereocenters. The SMILES string of the molecule is CCCCN(C(C)CC)S(=O)(=O)c1ccc(C(N)=S)nc1. The van der Waals surface area contributed by atoms with Crippen LogP contribution in [0.2, 0.25) is 0 Å². The molecule has 0 radical (unpaired) electrons. The fourth-order valence-electron chi connectivity index (χ4n) is 1.91. The maximum atomic E-state index is 12.7. The van der Waals surface area contributed by atoms with E-state index in [1.807, 2.05) is 20.8 Å². The molecule has 21 heavy (non-hydrogen) atoms. The highest BCUT2D eigenvalue weighted by molar-refractivity contribution is 7.89. The van der Waals surface area contributed by atoms with Gasteiger partial charge in [-0.3, -0.25) is 4.98 Å². The number of nitrogens with two attached hydrogens (primary N) is 1. The molecule has 1 heterocycles. The number of thiocarbonyl (C=S) groups is 1. The van der Waals surface area contributed by atoms with Gasteiger partial charge in [0, 0.05) is 18.8 Å². The minimum Gasteiger partial charge on any atom is -0.388 e. The Morgan fingerprint density at radius 3 is 2.52 bits per heavy atom. The summed E-state index contributed by atoms with van der Waals surface area (Å²) in [6, 6.07) is 3.01. The lowest BCUT2D eigenvalue weighted by Crippen LogP contribution is -2.39. The van der Waals surface area contributed by atoms with Crippen LogP contribution in [0.15, 0.2) is 23.2 Å². The molecular formula is C14H23N3O2S2. The maximum Gasteiger partial charge on any atom is 0.244 e. The van der Waals surface area contributed by atoms with Gasteiger partial charge in [0.15, 0.2) is 0 Å². The van der Waals surface area contributed by atoms with E-state index >= 15 is 0 Å². The van der Waals surface area contributed by atoms with E-state index in [1.54, 1.807) is 10.4 Å². The molecule has 1 rings (SSSR count). The van der Waals surface area contributed by atoms with Crippen molar-refractivity contribution >= 4 is 27.2 Å². The highest BCUT2D eigenvalue weighted by atomic mass is 32.2. The molecule has 1 aromatic heterocycles. The van der Waals surface area contributed by atoms with Crippen LogP contribution in [0, 0.1) is 0 Å². The molecule has 1 atom stereocenters. The van der Waals surface area contributed by atoms with E-state index in [-0.39, 0.29) is 15.9 Å². The van der Waals surface area contributed by atoms with Gasteiger partial charge in [-0.2, -0.15) is 4.31 Å². The first-order valence-electron chi connectivity index (χ1n) is 7.12. The Morgan fingerprint density at radius 2 is 2.10 bits per heavy atom. The van der Waals surface area contributed by atoms with E-state index in [0.29, 0.717) is 12.2 Å². The summed E-state index contributed by atoms with van der Waals surface area (Å²) in [5, 5.41) is 0. The molecule has 0 aromatic carbocycles. The predicted octanol–water partition coefficient (Wildman–Crippen LogP) is 2.31. The van der Waals surface area contributed by atoms with Gasteiger partial charge >= 0.3 is 0 Å². The van der Waals surface area contributed by atoms with Crippen LogP contribution < -0.4 is 5.73 Å². The first-order chi connectivity index (χ1) is 9.84. The summed E-state index contributed by atoms with van der Waals surface area (Å²) in [7, 11) is -3.54. The summed E-state index contributed by atoms with van der Waals surface area (Å²) >= 11 is 4.82. The largest absolute Gasteiger partial charge is 0.388 e. The minimum atomic E-state index is -3.54. The van der Waals surface area contributed by atoms with Crippen molar-refractivity contribution in [2.75, 3.05) is 6.54 Å². The Labute approximate surface area is 132 Å². The topological polar surface area (TPSA) is 76.3 Å². The Hall–Kier alpha value is -1.05. The van der Waals surface area contributed by atoms with Gasteiger partial charge in [0.1, 0.15) is 9.88 Å².